The summed E-state index contributed by atoms with van der Waals surface area (Å²) >= 11 is 0. The second-order valence-electron chi connectivity index (χ2n) is 5.62. The highest BCUT2D eigenvalue weighted by Gasteiger charge is 2.02. The highest BCUT2D eigenvalue weighted by atomic mass is 16.5. The highest BCUT2D eigenvalue weighted by Crippen LogP contribution is 2.13. The van der Waals surface area contributed by atoms with E-state index in [1.807, 2.05) is 10.9 Å². The average Bonchev–Trinajstić information content (AvgIpc) is 2.81. The zero-order valence-electron chi connectivity index (χ0n) is 12.9. The maximum absolute atomic E-state index is 5.68. The van der Waals surface area contributed by atoms with Crippen LogP contribution in [0, 0.1) is 0 Å². The van der Waals surface area contributed by atoms with Gasteiger partial charge in [-0.2, -0.15) is 5.10 Å². The van der Waals surface area contributed by atoms with E-state index in [-0.39, 0.29) is 0 Å². The van der Waals surface area contributed by atoms with Gasteiger partial charge < -0.3 is 10.1 Å². The quantitative estimate of drug-likeness (QED) is 0.660. The Kier molecular flexibility index (Phi) is 7.56. The molecule has 4 nitrogen and oxygen atoms in total. The SMILES string of the molecule is CC(C)NCCCCCCOc1cnn(C(C)C)c1. The largest absolute Gasteiger partial charge is 0.490 e. The van der Waals surface area contributed by atoms with Gasteiger partial charge >= 0.3 is 0 Å². The minimum absolute atomic E-state index is 0.394. The third-order valence-corrected chi connectivity index (χ3v) is 3.00. The lowest BCUT2D eigenvalue weighted by molar-refractivity contribution is 0.303. The van der Waals surface area contributed by atoms with Gasteiger partial charge in [-0.3, -0.25) is 4.68 Å². The van der Waals surface area contributed by atoms with Crippen LogP contribution in [0.4, 0.5) is 0 Å². The van der Waals surface area contributed by atoms with Crippen LogP contribution < -0.4 is 10.1 Å². The molecular formula is C15H29N3O. The van der Waals surface area contributed by atoms with Crippen LogP contribution in [0.2, 0.25) is 0 Å². The summed E-state index contributed by atoms with van der Waals surface area (Å²) < 4.78 is 7.61. The van der Waals surface area contributed by atoms with Gasteiger partial charge in [0.05, 0.1) is 19.0 Å². The fourth-order valence-corrected chi connectivity index (χ4v) is 1.84. The smallest absolute Gasteiger partial charge is 0.157 e. The molecular weight excluding hydrogens is 238 g/mol. The zero-order chi connectivity index (χ0) is 14.1. The first kappa shape index (κ1) is 16.0. The summed E-state index contributed by atoms with van der Waals surface area (Å²) in [5, 5.41) is 7.69. The van der Waals surface area contributed by atoms with E-state index in [1.165, 1.54) is 19.3 Å². The van der Waals surface area contributed by atoms with Gasteiger partial charge in [0.25, 0.3) is 0 Å². The van der Waals surface area contributed by atoms with E-state index in [4.69, 9.17) is 4.74 Å². The van der Waals surface area contributed by atoms with Gasteiger partial charge in [-0.25, -0.2) is 0 Å². The molecule has 1 aromatic rings. The third kappa shape index (κ3) is 7.21. The maximum atomic E-state index is 5.68. The van der Waals surface area contributed by atoms with Gasteiger partial charge in [-0.05, 0) is 33.2 Å². The molecule has 0 aromatic carbocycles. The number of aromatic nitrogens is 2. The lowest BCUT2D eigenvalue weighted by Crippen LogP contribution is -2.23. The summed E-state index contributed by atoms with van der Waals surface area (Å²) in [4.78, 5) is 0. The zero-order valence-corrected chi connectivity index (χ0v) is 12.9. The van der Waals surface area contributed by atoms with Crippen molar-refractivity contribution in [3.8, 4) is 5.75 Å². The molecule has 0 saturated carbocycles. The van der Waals surface area contributed by atoms with Crippen molar-refractivity contribution < 1.29 is 4.74 Å². The molecule has 1 aromatic heterocycles. The lowest BCUT2D eigenvalue weighted by atomic mass is 10.2. The van der Waals surface area contributed by atoms with Crippen molar-refractivity contribution in [1.82, 2.24) is 15.1 Å². The lowest BCUT2D eigenvalue weighted by Gasteiger charge is -2.07. The first-order valence-electron chi connectivity index (χ1n) is 7.50. The Bertz CT molecular complexity index is 334. The summed E-state index contributed by atoms with van der Waals surface area (Å²) in [5.74, 6) is 0.884. The number of ether oxygens (including phenoxy) is 1. The Hall–Kier alpha value is -1.03. The van der Waals surface area contributed by atoms with Crippen LogP contribution in [0.1, 0.15) is 59.4 Å². The number of rotatable bonds is 10. The Morgan fingerprint density at radius 3 is 2.53 bits per heavy atom. The van der Waals surface area contributed by atoms with E-state index >= 15 is 0 Å². The van der Waals surface area contributed by atoms with E-state index in [2.05, 4.69) is 38.1 Å². The predicted molar refractivity (Wildman–Crippen MR) is 79.7 cm³/mol. The van der Waals surface area contributed by atoms with Gasteiger partial charge in [0.15, 0.2) is 5.75 Å². The predicted octanol–water partition coefficient (Wildman–Crippen LogP) is 3.40. The van der Waals surface area contributed by atoms with Crippen LogP contribution in [0.15, 0.2) is 12.4 Å². The normalized spacial score (nSPS) is 11.5. The van der Waals surface area contributed by atoms with Gasteiger partial charge in [0, 0.05) is 12.1 Å². The third-order valence-electron chi connectivity index (χ3n) is 3.00. The van der Waals surface area contributed by atoms with Crippen LogP contribution in [-0.2, 0) is 0 Å². The molecule has 0 saturated heterocycles. The molecule has 0 atom stereocenters. The summed E-state index contributed by atoms with van der Waals surface area (Å²) in [6, 6.07) is 0.992. The number of unbranched alkanes of at least 4 members (excludes halogenated alkanes) is 3. The molecule has 0 bridgehead atoms. The topological polar surface area (TPSA) is 39.1 Å². The summed E-state index contributed by atoms with van der Waals surface area (Å²) in [6.07, 6.45) is 8.65. The molecule has 0 spiro atoms. The van der Waals surface area contributed by atoms with Gasteiger partial charge in [0.1, 0.15) is 0 Å². The Balaban J connectivity index is 1.98. The van der Waals surface area contributed by atoms with Crippen LogP contribution in [0.3, 0.4) is 0 Å². The van der Waals surface area contributed by atoms with Crippen LogP contribution >= 0.6 is 0 Å². The monoisotopic (exact) mass is 267 g/mol. The second kappa shape index (κ2) is 8.97. The molecule has 0 unspecified atom stereocenters. The van der Waals surface area contributed by atoms with E-state index in [0.717, 1.165) is 25.3 Å². The van der Waals surface area contributed by atoms with Crippen molar-refractivity contribution in [3.05, 3.63) is 12.4 Å². The minimum atomic E-state index is 0.394. The number of nitrogens with one attached hydrogen (secondary N) is 1. The highest BCUT2D eigenvalue weighted by molar-refractivity contribution is 5.11. The fraction of sp³-hybridized carbons (Fsp3) is 0.800. The first-order chi connectivity index (χ1) is 9.09. The summed E-state index contributed by atoms with van der Waals surface area (Å²) in [5.41, 5.74) is 0. The van der Waals surface area contributed by atoms with E-state index in [1.54, 1.807) is 6.20 Å². The molecule has 4 heteroatoms. The molecule has 1 heterocycles. The van der Waals surface area contributed by atoms with E-state index < -0.39 is 0 Å². The maximum Gasteiger partial charge on any atom is 0.157 e. The Morgan fingerprint density at radius 1 is 1.16 bits per heavy atom. The molecule has 0 amide bonds. The number of hydrogen-bond donors (Lipinski definition) is 1. The molecule has 19 heavy (non-hydrogen) atoms. The second-order valence-corrected chi connectivity index (χ2v) is 5.62. The van der Waals surface area contributed by atoms with Crippen LogP contribution in [0.25, 0.3) is 0 Å². The van der Waals surface area contributed by atoms with Gasteiger partial charge in [-0.15, -0.1) is 0 Å². The number of hydrogen-bond acceptors (Lipinski definition) is 3. The Morgan fingerprint density at radius 2 is 1.89 bits per heavy atom. The van der Waals surface area contributed by atoms with Crippen molar-refractivity contribution in [1.29, 1.82) is 0 Å². The van der Waals surface area contributed by atoms with E-state index in [0.29, 0.717) is 12.1 Å². The molecule has 0 aliphatic heterocycles. The first-order valence-corrected chi connectivity index (χ1v) is 7.50. The molecule has 0 radical (unpaired) electrons. The molecule has 1 rings (SSSR count). The average molecular weight is 267 g/mol. The summed E-state index contributed by atoms with van der Waals surface area (Å²) in [7, 11) is 0. The van der Waals surface area contributed by atoms with Gasteiger partial charge in [-0.1, -0.05) is 26.7 Å². The standard InChI is InChI=1S/C15H29N3O/c1-13(2)16-9-7-5-6-8-10-19-15-11-17-18(12-15)14(3)4/h11-14,16H,5-10H2,1-4H3. The van der Waals surface area contributed by atoms with E-state index in [9.17, 15) is 0 Å². The number of nitrogens with zero attached hydrogens (tertiary/aromatic N) is 2. The summed E-state index contributed by atoms with van der Waals surface area (Å²) in [6.45, 7) is 10.5. The van der Waals surface area contributed by atoms with Gasteiger partial charge in [0.2, 0.25) is 0 Å². The van der Waals surface area contributed by atoms with Crippen molar-refractivity contribution in [2.45, 2.75) is 65.5 Å². The molecule has 110 valence electrons. The molecule has 0 fully saturated rings. The van der Waals surface area contributed by atoms with Crippen molar-refractivity contribution in [2.75, 3.05) is 13.2 Å². The van der Waals surface area contributed by atoms with Crippen LogP contribution in [-0.4, -0.2) is 29.0 Å². The molecule has 0 aliphatic rings. The van der Waals surface area contributed by atoms with Crippen LogP contribution in [0.5, 0.6) is 5.75 Å². The molecule has 0 aliphatic carbocycles. The molecule has 1 N–H and O–H groups in total. The fourth-order valence-electron chi connectivity index (χ4n) is 1.84. The van der Waals surface area contributed by atoms with Crippen molar-refractivity contribution >= 4 is 0 Å². The van der Waals surface area contributed by atoms with Crippen molar-refractivity contribution in [3.63, 3.8) is 0 Å². The Labute approximate surface area is 117 Å². The minimum Gasteiger partial charge on any atom is -0.490 e. The van der Waals surface area contributed by atoms with Crippen molar-refractivity contribution in [2.24, 2.45) is 0 Å².